The van der Waals surface area contributed by atoms with Gasteiger partial charge in [0.1, 0.15) is 0 Å². The molecule has 0 bridgehead atoms. The predicted octanol–water partition coefficient (Wildman–Crippen LogP) is 3.25. The molecule has 4 heteroatoms. The van der Waals surface area contributed by atoms with Crippen molar-refractivity contribution >= 4 is 11.3 Å². The van der Waals surface area contributed by atoms with E-state index in [1.165, 1.54) is 27.3 Å². The van der Waals surface area contributed by atoms with Gasteiger partial charge in [0.05, 0.1) is 16.6 Å². The lowest BCUT2D eigenvalue weighted by atomic mass is 9.93. The summed E-state index contributed by atoms with van der Waals surface area (Å²) in [4.78, 5) is 8.42. The minimum atomic E-state index is 0.226. The Morgan fingerprint density at radius 3 is 3.05 bits per heavy atom. The van der Waals surface area contributed by atoms with Crippen LogP contribution in [0.2, 0.25) is 0 Å². The van der Waals surface area contributed by atoms with E-state index in [0.29, 0.717) is 12.1 Å². The number of thiazole rings is 1. The monoisotopic (exact) mass is 312 g/mol. The van der Waals surface area contributed by atoms with E-state index in [0.717, 1.165) is 25.8 Å². The molecule has 2 N–H and O–H groups in total. The Labute approximate surface area is 136 Å². The standard InChI is InChI=1S/C18H22N3S/c1-11(2)21-8-7-16-18(22-10-20-16)17(21)13-3-5-14-12(9-13)4-6-15(14)19/h3,5,9,11,15,17H,4,6-8,19H2,1-2H3. The maximum Gasteiger partial charge on any atom is 0.152 e. The Bertz CT molecular complexity index is 691. The molecule has 115 valence electrons. The number of hydrogen-bond acceptors (Lipinski definition) is 4. The van der Waals surface area contributed by atoms with E-state index in [-0.39, 0.29) is 6.04 Å². The van der Waals surface area contributed by atoms with Crippen molar-refractivity contribution in [1.82, 2.24) is 9.88 Å². The molecule has 3 nitrogen and oxygen atoms in total. The molecule has 2 aliphatic rings. The fourth-order valence-corrected chi connectivity index (χ4v) is 4.79. The highest BCUT2D eigenvalue weighted by Crippen LogP contribution is 2.40. The summed E-state index contributed by atoms with van der Waals surface area (Å²) in [5.41, 5.74) is 14.7. The van der Waals surface area contributed by atoms with Crippen LogP contribution in [0, 0.1) is 5.51 Å². The SMILES string of the molecule is CC(C)N1CCc2n[c]sc2C1c1ccc2c(c1)CCC2N. The van der Waals surface area contributed by atoms with E-state index >= 15 is 0 Å². The zero-order chi connectivity index (χ0) is 15.3. The minimum absolute atomic E-state index is 0.226. The van der Waals surface area contributed by atoms with Crippen LogP contribution in [0.5, 0.6) is 0 Å². The van der Waals surface area contributed by atoms with E-state index < -0.39 is 0 Å². The normalized spacial score (nSPS) is 24.5. The van der Waals surface area contributed by atoms with E-state index in [2.05, 4.69) is 47.4 Å². The van der Waals surface area contributed by atoms with Gasteiger partial charge in [-0.25, -0.2) is 4.98 Å². The first-order chi connectivity index (χ1) is 10.6. The van der Waals surface area contributed by atoms with Gasteiger partial charge in [0.15, 0.2) is 5.51 Å². The van der Waals surface area contributed by atoms with Crippen LogP contribution in [0.25, 0.3) is 0 Å². The van der Waals surface area contributed by atoms with Crippen molar-refractivity contribution in [2.75, 3.05) is 6.54 Å². The third-order valence-electron chi connectivity index (χ3n) is 5.08. The van der Waals surface area contributed by atoms with Crippen LogP contribution in [0.4, 0.5) is 0 Å². The minimum Gasteiger partial charge on any atom is -0.324 e. The molecular weight excluding hydrogens is 290 g/mol. The van der Waals surface area contributed by atoms with Gasteiger partial charge in [-0.1, -0.05) is 18.2 Å². The number of hydrogen-bond donors (Lipinski definition) is 1. The molecule has 0 saturated heterocycles. The Kier molecular flexibility index (Phi) is 3.56. The lowest BCUT2D eigenvalue weighted by Gasteiger charge is -2.38. The summed E-state index contributed by atoms with van der Waals surface area (Å²) in [5.74, 6) is 0. The Balaban J connectivity index is 1.79. The third kappa shape index (κ3) is 2.21. The molecule has 4 rings (SSSR count). The molecule has 1 aromatic carbocycles. The number of benzene rings is 1. The van der Waals surface area contributed by atoms with Crippen LogP contribution in [-0.4, -0.2) is 22.5 Å². The zero-order valence-electron chi connectivity index (χ0n) is 13.2. The highest BCUT2D eigenvalue weighted by molar-refractivity contribution is 7.09. The molecule has 0 spiro atoms. The molecule has 1 aromatic heterocycles. The molecule has 2 heterocycles. The maximum absolute atomic E-state index is 6.19. The van der Waals surface area contributed by atoms with E-state index in [1.807, 2.05) is 0 Å². The first-order valence-corrected chi connectivity index (χ1v) is 8.96. The fourth-order valence-electron chi connectivity index (χ4n) is 3.89. The molecule has 2 aromatic rings. The fraction of sp³-hybridized carbons (Fsp3) is 0.500. The van der Waals surface area contributed by atoms with Crippen LogP contribution in [0.1, 0.15) is 59.6 Å². The average Bonchev–Trinajstić information content (AvgIpc) is 3.12. The van der Waals surface area contributed by atoms with Gasteiger partial charge >= 0.3 is 0 Å². The second-order valence-electron chi connectivity index (χ2n) is 6.70. The third-order valence-corrected chi connectivity index (χ3v) is 5.94. The van der Waals surface area contributed by atoms with Gasteiger partial charge in [0, 0.05) is 25.0 Å². The summed E-state index contributed by atoms with van der Waals surface area (Å²) >= 11 is 1.68. The van der Waals surface area contributed by atoms with Gasteiger partial charge in [-0.05, 0) is 43.4 Å². The first-order valence-electron chi connectivity index (χ1n) is 8.15. The van der Waals surface area contributed by atoms with Gasteiger partial charge in [0.25, 0.3) is 0 Å². The van der Waals surface area contributed by atoms with Gasteiger partial charge in [-0.3, -0.25) is 4.90 Å². The molecule has 2 unspecified atom stereocenters. The number of aryl methyl sites for hydroxylation is 1. The summed E-state index contributed by atoms with van der Waals surface area (Å²) < 4.78 is 0. The van der Waals surface area contributed by atoms with Gasteiger partial charge in [0.2, 0.25) is 0 Å². The quantitative estimate of drug-likeness (QED) is 0.925. The lowest BCUT2D eigenvalue weighted by Crippen LogP contribution is -2.40. The van der Waals surface area contributed by atoms with Crippen LogP contribution >= 0.6 is 11.3 Å². The van der Waals surface area contributed by atoms with Crippen molar-refractivity contribution in [1.29, 1.82) is 0 Å². The van der Waals surface area contributed by atoms with Crippen LogP contribution in [-0.2, 0) is 12.8 Å². The van der Waals surface area contributed by atoms with Crippen molar-refractivity contribution in [3.63, 3.8) is 0 Å². The Hall–Kier alpha value is -1.23. The molecular formula is C18H22N3S. The number of fused-ring (bicyclic) bond motifs is 2. The Morgan fingerprint density at radius 1 is 1.36 bits per heavy atom. The van der Waals surface area contributed by atoms with Crippen molar-refractivity contribution in [2.45, 2.75) is 51.2 Å². The van der Waals surface area contributed by atoms with Crippen molar-refractivity contribution in [3.8, 4) is 0 Å². The second-order valence-corrected chi connectivity index (χ2v) is 7.53. The van der Waals surface area contributed by atoms with Crippen molar-refractivity contribution in [3.05, 3.63) is 51.0 Å². The molecule has 22 heavy (non-hydrogen) atoms. The highest BCUT2D eigenvalue weighted by atomic mass is 32.1. The first kappa shape index (κ1) is 14.4. The number of nitrogens with zero attached hydrogens (tertiary/aromatic N) is 2. The van der Waals surface area contributed by atoms with Crippen molar-refractivity contribution < 1.29 is 0 Å². The molecule has 1 aliphatic heterocycles. The number of aromatic nitrogens is 1. The van der Waals surface area contributed by atoms with Gasteiger partial charge in [-0.2, -0.15) is 0 Å². The van der Waals surface area contributed by atoms with E-state index in [9.17, 15) is 0 Å². The Morgan fingerprint density at radius 2 is 2.23 bits per heavy atom. The molecule has 0 amide bonds. The number of nitrogens with two attached hydrogens (primary N) is 1. The molecule has 0 saturated carbocycles. The van der Waals surface area contributed by atoms with Crippen LogP contribution in [0.15, 0.2) is 18.2 Å². The van der Waals surface area contributed by atoms with Crippen molar-refractivity contribution in [2.24, 2.45) is 5.73 Å². The number of rotatable bonds is 2. The van der Waals surface area contributed by atoms with Crippen LogP contribution in [0.3, 0.4) is 0 Å². The van der Waals surface area contributed by atoms with E-state index in [4.69, 9.17) is 5.73 Å². The summed E-state index contributed by atoms with van der Waals surface area (Å²) in [6, 6.07) is 7.99. The predicted molar refractivity (Wildman–Crippen MR) is 90.0 cm³/mol. The summed E-state index contributed by atoms with van der Waals surface area (Å²) in [5, 5.41) is 0. The average molecular weight is 312 g/mol. The van der Waals surface area contributed by atoms with Gasteiger partial charge < -0.3 is 5.73 Å². The molecule has 2 atom stereocenters. The largest absolute Gasteiger partial charge is 0.324 e. The topological polar surface area (TPSA) is 42.2 Å². The molecule has 1 radical (unpaired) electrons. The molecule has 0 fully saturated rings. The molecule has 1 aliphatic carbocycles. The highest BCUT2D eigenvalue weighted by Gasteiger charge is 2.33. The van der Waals surface area contributed by atoms with Gasteiger partial charge in [-0.15, -0.1) is 11.3 Å². The second kappa shape index (κ2) is 5.44. The van der Waals surface area contributed by atoms with E-state index in [1.54, 1.807) is 11.3 Å². The lowest BCUT2D eigenvalue weighted by molar-refractivity contribution is 0.169. The summed E-state index contributed by atoms with van der Waals surface area (Å²) in [6.07, 6.45) is 3.23. The van der Waals surface area contributed by atoms with Crippen LogP contribution < -0.4 is 5.73 Å². The zero-order valence-corrected chi connectivity index (χ0v) is 14.0. The summed E-state index contributed by atoms with van der Waals surface area (Å²) in [6.45, 7) is 5.64. The smallest absolute Gasteiger partial charge is 0.152 e. The maximum atomic E-state index is 6.19. The summed E-state index contributed by atoms with van der Waals surface area (Å²) in [7, 11) is 0.